The van der Waals surface area contributed by atoms with Crippen molar-refractivity contribution in [2.75, 3.05) is 0 Å². The summed E-state index contributed by atoms with van der Waals surface area (Å²) >= 11 is 5.83. The van der Waals surface area contributed by atoms with Crippen molar-refractivity contribution in [2.24, 2.45) is 5.73 Å². The van der Waals surface area contributed by atoms with Crippen LogP contribution in [0.15, 0.2) is 12.1 Å². The second-order valence-corrected chi connectivity index (χ2v) is 3.82. The predicted molar refractivity (Wildman–Crippen MR) is 55.2 cm³/mol. The Balaban J connectivity index is 3.01. The van der Waals surface area contributed by atoms with E-state index >= 15 is 0 Å². The normalized spacial score (nSPS) is 12.9. The van der Waals surface area contributed by atoms with Crippen molar-refractivity contribution in [1.82, 2.24) is 0 Å². The number of hydrogen-bond acceptors (Lipinski definition) is 2. The van der Waals surface area contributed by atoms with E-state index in [2.05, 4.69) is 0 Å². The first-order chi connectivity index (χ1) is 6.00. The number of benzene rings is 1. The molecule has 0 bridgehead atoms. The maximum absolute atomic E-state index is 9.52. The number of nitrogens with two attached hydrogens (primary N) is 1. The van der Waals surface area contributed by atoms with Crippen LogP contribution in [0.25, 0.3) is 0 Å². The Hall–Kier alpha value is -0.730. The number of rotatable bonds is 2. The average Bonchev–Trinajstić information content (AvgIpc) is 1.99. The lowest BCUT2D eigenvalue weighted by Crippen LogP contribution is -2.17. The molecule has 0 aliphatic rings. The number of hydrogen-bond donors (Lipinski definition) is 2. The highest BCUT2D eigenvalue weighted by Crippen LogP contribution is 2.26. The smallest absolute Gasteiger partial charge is 0.120 e. The van der Waals surface area contributed by atoms with Crippen LogP contribution in [0.3, 0.4) is 0 Å². The van der Waals surface area contributed by atoms with Crippen molar-refractivity contribution in [2.45, 2.75) is 26.3 Å². The Bertz CT molecular complexity index is 310. The van der Waals surface area contributed by atoms with Gasteiger partial charge in [0.15, 0.2) is 0 Å². The van der Waals surface area contributed by atoms with Gasteiger partial charge in [-0.15, -0.1) is 0 Å². The van der Waals surface area contributed by atoms with Gasteiger partial charge in [-0.3, -0.25) is 0 Å². The molecule has 0 amide bonds. The number of phenols is 1. The van der Waals surface area contributed by atoms with E-state index in [9.17, 15) is 5.11 Å². The van der Waals surface area contributed by atoms with Gasteiger partial charge in [-0.25, -0.2) is 0 Å². The fourth-order valence-electron chi connectivity index (χ4n) is 1.24. The van der Waals surface area contributed by atoms with Crippen molar-refractivity contribution >= 4 is 11.6 Å². The molecule has 1 rings (SSSR count). The second-order valence-electron chi connectivity index (χ2n) is 3.41. The lowest BCUT2D eigenvalue weighted by atomic mass is 10.0. The Labute approximate surface area is 83.3 Å². The molecule has 3 N–H and O–H groups in total. The monoisotopic (exact) mass is 199 g/mol. The summed E-state index contributed by atoms with van der Waals surface area (Å²) in [6, 6.07) is 3.49. The van der Waals surface area contributed by atoms with Gasteiger partial charge in [-0.1, -0.05) is 17.7 Å². The first-order valence-electron chi connectivity index (χ1n) is 4.24. The van der Waals surface area contributed by atoms with E-state index in [1.54, 1.807) is 6.07 Å². The van der Waals surface area contributed by atoms with Gasteiger partial charge in [0.05, 0.1) is 0 Å². The fraction of sp³-hybridized carbons (Fsp3) is 0.400. The summed E-state index contributed by atoms with van der Waals surface area (Å²) in [6.45, 7) is 3.82. The molecule has 0 fully saturated rings. The molecule has 2 nitrogen and oxygen atoms in total. The summed E-state index contributed by atoms with van der Waals surface area (Å²) in [5, 5.41) is 10.1. The molecule has 0 aliphatic carbocycles. The third kappa shape index (κ3) is 2.61. The van der Waals surface area contributed by atoms with Crippen LogP contribution in [0.5, 0.6) is 5.75 Å². The summed E-state index contributed by atoms with van der Waals surface area (Å²) in [7, 11) is 0. The molecular formula is C10H14ClNO. The summed E-state index contributed by atoms with van der Waals surface area (Å²) in [5.74, 6) is 0.230. The van der Waals surface area contributed by atoms with Crippen molar-refractivity contribution in [3.8, 4) is 5.75 Å². The zero-order valence-corrected chi connectivity index (χ0v) is 8.60. The lowest BCUT2D eigenvalue weighted by molar-refractivity contribution is 0.465. The minimum atomic E-state index is 0.0477. The minimum Gasteiger partial charge on any atom is -0.508 e. The number of aromatic hydroxyl groups is 1. The van der Waals surface area contributed by atoms with Crippen molar-refractivity contribution in [1.29, 1.82) is 0 Å². The number of phenolic OH excluding ortho intramolecular Hbond substituents is 1. The first-order valence-corrected chi connectivity index (χ1v) is 4.62. The van der Waals surface area contributed by atoms with Crippen LogP contribution in [-0.2, 0) is 6.42 Å². The molecule has 1 aromatic carbocycles. The van der Waals surface area contributed by atoms with Gasteiger partial charge in [0, 0.05) is 11.1 Å². The summed E-state index contributed by atoms with van der Waals surface area (Å²) in [6.07, 6.45) is 0.670. The van der Waals surface area contributed by atoms with E-state index in [0.29, 0.717) is 11.4 Å². The van der Waals surface area contributed by atoms with Crippen LogP contribution in [0.1, 0.15) is 18.1 Å². The van der Waals surface area contributed by atoms with Crippen molar-refractivity contribution < 1.29 is 5.11 Å². The minimum absolute atomic E-state index is 0.0477. The van der Waals surface area contributed by atoms with Gasteiger partial charge < -0.3 is 10.8 Å². The SMILES string of the molecule is Cc1cc(CC(C)N)c(O)cc1Cl. The van der Waals surface area contributed by atoms with Crippen LogP contribution >= 0.6 is 11.6 Å². The van der Waals surface area contributed by atoms with Crippen LogP contribution < -0.4 is 5.73 Å². The molecule has 0 radical (unpaired) electrons. The molecule has 1 atom stereocenters. The lowest BCUT2D eigenvalue weighted by Gasteiger charge is -2.09. The molecule has 1 unspecified atom stereocenters. The molecule has 0 saturated heterocycles. The molecule has 3 heteroatoms. The quantitative estimate of drug-likeness (QED) is 0.768. The zero-order chi connectivity index (χ0) is 10.0. The van der Waals surface area contributed by atoms with E-state index in [4.69, 9.17) is 17.3 Å². The molecule has 0 heterocycles. The maximum atomic E-state index is 9.52. The number of aryl methyl sites for hydroxylation is 1. The van der Waals surface area contributed by atoms with Crippen LogP contribution in [-0.4, -0.2) is 11.1 Å². The van der Waals surface area contributed by atoms with Crippen molar-refractivity contribution in [3.05, 3.63) is 28.3 Å². The zero-order valence-electron chi connectivity index (χ0n) is 7.84. The van der Waals surface area contributed by atoms with Crippen molar-refractivity contribution in [3.63, 3.8) is 0 Å². The van der Waals surface area contributed by atoms with E-state index in [-0.39, 0.29) is 11.8 Å². The van der Waals surface area contributed by atoms with Gasteiger partial charge in [0.25, 0.3) is 0 Å². The van der Waals surface area contributed by atoms with Crippen LogP contribution in [0.4, 0.5) is 0 Å². The largest absolute Gasteiger partial charge is 0.508 e. The van der Waals surface area contributed by atoms with Gasteiger partial charge in [0.2, 0.25) is 0 Å². The Morgan fingerprint density at radius 1 is 1.54 bits per heavy atom. The first kappa shape index (κ1) is 10.4. The van der Waals surface area contributed by atoms with Gasteiger partial charge in [-0.2, -0.15) is 0 Å². The molecular weight excluding hydrogens is 186 g/mol. The maximum Gasteiger partial charge on any atom is 0.120 e. The molecule has 0 aromatic heterocycles. The molecule has 13 heavy (non-hydrogen) atoms. The highest BCUT2D eigenvalue weighted by atomic mass is 35.5. The van der Waals surface area contributed by atoms with Gasteiger partial charge in [-0.05, 0) is 37.5 Å². The molecule has 0 saturated carbocycles. The van der Waals surface area contributed by atoms with Gasteiger partial charge >= 0.3 is 0 Å². The number of halogens is 1. The predicted octanol–water partition coefficient (Wildman–Crippen LogP) is 2.24. The third-order valence-corrected chi connectivity index (χ3v) is 2.31. The summed E-state index contributed by atoms with van der Waals surface area (Å²) in [4.78, 5) is 0. The van der Waals surface area contributed by atoms with Crippen LogP contribution in [0.2, 0.25) is 5.02 Å². The molecule has 72 valence electrons. The topological polar surface area (TPSA) is 46.2 Å². The third-order valence-electron chi connectivity index (χ3n) is 1.90. The van der Waals surface area contributed by atoms with E-state index < -0.39 is 0 Å². The average molecular weight is 200 g/mol. The highest BCUT2D eigenvalue weighted by molar-refractivity contribution is 6.31. The van der Waals surface area contributed by atoms with Crippen LogP contribution in [0, 0.1) is 6.92 Å². The highest BCUT2D eigenvalue weighted by Gasteiger charge is 2.06. The van der Waals surface area contributed by atoms with E-state index in [1.165, 1.54) is 0 Å². The standard InChI is InChI=1S/C10H14ClNO/c1-6-3-8(4-7(2)12)10(13)5-9(6)11/h3,5,7,13H,4,12H2,1-2H3. The molecule has 0 spiro atoms. The molecule has 1 aromatic rings. The summed E-state index contributed by atoms with van der Waals surface area (Å²) < 4.78 is 0. The van der Waals surface area contributed by atoms with Gasteiger partial charge in [0.1, 0.15) is 5.75 Å². The molecule has 0 aliphatic heterocycles. The Morgan fingerprint density at radius 2 is 2.15 bits per heavy atom. The summed E-state index contributed by atoms with van der Waals surface area (Å²) in [5.41, 5.74) is 7.46. The fourth-order valence-corrected chi connectivity index (χ4v) is 1.40. The second kappa shape index (κ2) is 3.99. The van der Waals surface area contributed by atoms with E-state index in [0.717, 1.165) is 11.1 Å². The Kier molecular flexibility index (Phi) is 3.17. The Morgan fingerprint density at radius 3 is 2.69 bits per heavy atom. The van der Waals surface area contributed by atoms with E-state index in [1.807, 2.05) is 19.9 Å².